The Hall–Kier alpha value is -3.55. The molecule has 0 saturated heterocycles. The molecule has 8 heteroatoms. The van der Waals surface area contributed by atoms with Crippen molar-refractivity contribution < 1.29 is 28.6 Å². The second-order valence-corrected chi connectivity index (χ2v) is 7.30. The van der Waals surface area contributed by atoms with Crippen LogP contribution in [-0.2, 0) is 19.1 Å². The van der Waals surface area contributed by atoms with Crippen LogP contribution in [0, 0.1) is 0 Å². The maximum absolute atomic E-state index is 12.1. The molecule has 0 aliphatic heterocycles. The molecule has 0 aliphatic rings. The van der Waals surface area contributed by atoms with Crippen LogP contribution in [0.5, 0.6) is 11.5 Å². The summed E-state index contributed by atoms with van der Waals surface area (Å²) in [6, 6.07) is 16.1. The number of hydrogen-bond acceptors (Lipinski definition) is 6. The Labute approximate surface area is 175 Å². The van der Waals surface area contributed by atoms with E-state index in [1.54, 1.807) is 57.2 Å². The second-order valence-electron chi connectivity index (χ2n) is 7.30. The van der Waals surface area contributed by atoms with E-state index in [0.717, 1.165) is 0 Å². The summed E-state index contributed by atoms with van der Waals surface area (Å²) in [5, 5.41) is 5.10. The van der Waals surface area contributed by atoms with Gasteiger partial charge in [-0.05, 0) is 45.0 Å². The van der Waals surface area contributed by atoms with E-state index in [1.165, 1.54) is 0 Å². The van der Waals surface area contributed by atoms with Gasteiger partial charge in [0.05, 0.1) is 12.1 Å². The number of rotatable bonds is 8. The van der Waals surface area contributed by atoms with E-state index in [2.05, 4.69) is 10.6 Å². The zero-order valence-corrected chi connectivity index (χ0v) is 17.3. The van der Waals surface area contributed by atoms with Gasteiger partial charge in [-0.1, -0.05) is 30.3 Å². The highest BCUT2D eigenvalue weighted by Crippen LogP contribution is 2.28. The Morgan fingerprint density at radius 3 is 2.30 bits per heavy atom. The summed E-state index contributed by atoms with van der Waals surface area (Å²) in [5.41, 5.74) is -0.169. The minimum atomic E-state index is -0.622. The van der Waals surface area contributed by atoms with Crippen molar-refractivity contribution in [2.24, 2.45) is 0 Å². The first-order valence-corrected chi connectivity index (χ1v) is 9.47. The summed E-state index contributed by atoms with van der Waals surface area (Å²) < 4.78 is 15.8. The minimum Gasteiger partial charge on any atom is -0.456 e. The van der Waals surface area contributed by atoms with Gasteiger partial charge in [0, 0.05) is 6.54 Å². The summed E-state index contributed by atoms with van der Waals surface area (Å²) in [7, 11) is 0. The molecule has 0 fully saturated rings. The van der Waals surface area contributed by atoms with E-state index < -0.39 is 30.2 Å². The average Bonchev–Trinajstić information content (AvgIpc) is 2.67. The van der Waals surface area contributed by atoms with E-state index in [-0.39, 0.29) is 13.0 Å². The van der Waals surface area contributed by atoms with Gasteiger partial charge in [-0.15, -0.1) is 0 Å². The average molecular weight is 414 g/mol. The molecule has 2 aromatic carbocycles. The van der Waals surface area contributed by atoms with Crippen molar-refractivity contribution in [1.82, 2.24) is 5.32 Å². The van der Waals surface area contributed by atoms with Gasteiger partial charge in [0.25, 0.3) is 5.91 Å². The van der Waals surface area contributed by atoms with Crippen LogP contribution in [0.1, 0.15) is 27.2 Å². The van der Waals surface area contributed by atoms with Gasteiger partial charge in [0.2, 0.25) is 0 Å². The Kier molecular flexibility index (Phi) is 8.22. The maximum atomic E-state index is 12.1. The topological polar surface area (TPSA) is 103 Å². The van der Waals surface area contributed by atoms with Crippen LogP contribution < -0.4 is 15.4 Å². The number of alkyl carbamates (subject to hydrolysis) is 1. The third-order valence-corrected chi connectivity index (χ3v) is 3.49. The van der Waals surface area contributed by atoms with Crippen molar-refractivity contribution in [3.8, 4) is 11.5 Å². The molecule has 2 N–H and O–H groups in total. The fourth-order valence-corrected chi connectivity index (χ4v) is 2.26. The summed E-state index contributed by atoms with van der Waals surface area (Å²) in [6.45, 7) is 4.81. The van der Waals surface area contributed by atoms with Gasteiger partial charge in [-0.25, -0.2) is 4.79 Å². The van der Waals surface area contributed by atoms with Crippen molar-refractivity contribution in [3.63, 3.8) is 0 Å². The van der Waals surface area contributed by atoms with E-state index in [9.17, 15) is 14.4 Å². The van der Waals surface area contributed by atoms with Crippen LogP contribution in [0.25, 0.3) is 0 Å². The van der Waals surface area contributed by atoms with E-state index in [0.29, 0.717) is 17.2 Å². The SMILES string of the molecule is CC(C)(C)OC(=O)NCCC(=O)OCC(=O)Nc1ccccc1Oc1ccccc1. The van der Waals surface area contributed by atoms with Crippen molar-refractivity contribution in [1.29, 1.82) is 0 Å². The summed E-state index contributed by atoms with van der Waals surface area (Å²) in [5.74, 6) is -0.0318. The Morgan fingerprint density at radius 2 is 1.60 bits per heavy atom. The molecule has 8 nitrogen and oxygen atoms in total. The smallest absolute Gasteiger partial charge is 0.407 e. The van der Waals surface area contributed by atoms with Gasteiger partial charge < -0.3 is 24.8 Å². The molecule has 30 heavy (non-hydrogen) atoms. The molecule has 2 aromatic rings. The zero-order valence-electron chi connectivity index (χ0n) is 17.3. The number of hydrogen-bond donors (Lipinski definition) is 2. The molecule has 0 bridgehead atoms. The third kappa shape index (κ3) is 8.64. The van der Waals surface area contributed by atoms with E-state index in [4.69, 9.17) is 14.2 Å². The predicted octanol–water partition coefficient (Wildman–Crippen LogP) is 3.88. The number of nitrogens with one attached hydrogen (secondary N) is 2. The van der Waals surface area contributed by atoms with E-state index in [1.807, 2.05) is 18.2 Å². The zero-order chi connectivity index (χ0) is 22.0. The molecular formula is C22H26N2O6. The van der Waals surface area contributed by atoms with Crippen LogP contribution in [0.2, 0.25) is 0 Å². The van der Waals surface area contributed by atoms with Crippen LogP contribution >= 0.6 is 0 Å². The second kappa shape index (κ2) is 10.8. The van der Waals surface area contributed by atoms with E-state index >= 15 is 0 Å². The molecule has 2 rings (SSSR count). The Bertz CT molecular complexity index is 861. The lowest BCUT2D eigenvalue weighted by molar-refractivity contribution is -0.147. The highest BCUT2D eigenvalue weighted by Gasteiger charge is 2.16. The molecule has 160 valence electrons. The predicted molar refractivity (Wildman–Crippen MR) is 111 cm³/mol. The van der Waals surface area contributed by atoms with Gasteiger partial charge in [-0.2, -0.15) is 0 Å². The highest BCUT2D eigenvalue weighted by molar-refractivity contribution is 5.94. The quantitative estimate of drug-likeness (QED) is 0.636. The molecule has 0 saturated carbocycles. The number of para-hydroxylation sites is 3. The Balaban J connectivity index is 1.76. The summed E-state index contributed by atoms with van der Waals surface area (Å²) in [6.07, 6.45) is -0.705. The normalized spacial score (nSPS) is 10.6. The molecule has 0 spiro atoms. The fourth-order valence-electron chi connectivity index (χ4n) is 2.26. The summed E-state index contributed by atoms with van der Waals surface area (Å²) in [4.78, 5) is 35.4. The Morgan fingerprint density at radius 1 is 0.933 bits per heavy atom. The molecule has 0 radical (unpaired) electrons. The molecule has 0 aromatic heterocycles. The standard InChI is InChI=1S/C22H26N2O6/c1-22(2,3)30-21(27)23-14-13-20(26)28-15-19(25)24-17-11-7-8-12-18(17)29-16-9-5-4-6-10-16/h4-12H,13-15H2,1-3H3,(H,23,27)(H,24,25). The molecule has 0 unspecified atom stereocenters. The number of esters is 1. The van der Waals surface area contributed by atoms with Gasteiger partial charge >= 0.3 is 12.1 Å². The van der Waals surface area contributed by atoms with Crippen molar-refractivity contribution in [3.05, 3.63) is 54.6 Å². The number of amides is 2. The first-order valence-electron chi connectivity index (χ1n) is 9.47. The molecular weight excluding hydrogens is 388 g/mol. The van der Waals surface area contributed by atoms with Crippen LogP contribution in [0.15, 0.2) is 54.6 Å². The molecule has 0 aliphatic carbocycles. The lowest BCUT2D eigenvalue weighted by atomic mass is 10.2. The number of benzene rings is 2. The maximum Gasteiger partial charge on any atom is 0.407 e. The molecule has 2 amide bonds. The van der Waals surface area contributed by atoms with Crippen LogP contribution in [0.3, 0.4) is 0 Å². The number of carbonyl (C=O) groups is 3. The minimum absolute atomic E-state index is 0.0448. The number of anilines is 1. The lowest BCUT2D eigenvalue weighted by Gasteiger charge is -2.19. The van der Waals surface area contributed by atoms with Gasteiger partial charge in [0.1, 0.15) is 11.4 Å². The molecule has 0 atom stereocenters. The fraction of sp³-hybridized carbons (Fsp3) is 0.318. The van der Waals surface area contributed by atoms with Crippen molar-refractivity contribution in [2.45, 2.75) is 32.8 Å². The number of carbonyl (C=O) groups excluding carboxylic acids is 3. The molecule has 0 heterocycles. The lowest BCUT2D eigenvalue weighted by Crippen LogP contribution is -2.34. The highest BCUT2D eigenvalue weighted by atomic mass is 16.6. The van der Waals surface area contributed by atoms with Crippen molar-refractivity contribution in [2.75, 3.05) is 18.5 Å². The van der Waals surface area contributed by atoms with Crippen LogP contribution in [0.4, 0.5) is 10.5 Å². The van der Waals surface area contributed by atoms with Gasteiger partial charge in [-0.3, -0.25) is 9.59 Å². The third-order valence-electron chi connectivity index (χ3n) is 3.49. The first-order chi connectivity index (χ1) is 14.2. The largest absolute Gasteiger partial charge is 0.456 e. The van der Waals surface area contributed by atoms with Crippen LogP contribution in [-0.4, -0.2) is 36.7 Å². The number of ether oxygens (including phenoxy) is 3. The monoisotopic (exact) mass is 414 g/mol. The summed E-state index contributed by atoms with van der Waals surface area (Å²) >= 11 is 0. The van der Waals surface area contributed by atoms with Gasteiger partial charge in [0.15, 0.2) is 12.4 Å². The first kappa shape index (κ1) is 22.7. The van der Waals surface area contributed by atoms with Crippen molar-refractivity contribution >= 4 is 23.7 Å².